The van der Waals surface area contributed by atoms with Gasteiger partial charge in [-0.1, -0.05) is 6.08 Å². The molecule has 0 bridgehead atoms. The Hall–Kier alpha value is -2.14. The van der Waals surface area contributed by atoms with Gasteiger partial charge in [0.2, 0.25) is 5.91 Å². The van der Waals surface area contributed by atoms with Gasteiger partial charge < -0.3 is 10.1 Å². The van der Waals surface area contributed by atoms with Crippen molar-refractivity contribution in [3.63, 3.8) is 0 Å². The number of carbonyl (C=O) groups is 2. The van der Waals surface area contributed by atoms with Gasteiger partial charge in [-0.2, -0.15) is 0 Å². The highest BCUT2D eigenvalue weighted by Crippen LogP contribution is 2.24. The van der Waals surface area contributed by atoms with E-state index in [9.17, 15) is 9.59 Å². The average molecular weight is 330 g/mol. The number of Topliss-reactive ketones (excluding diaryl/α,β-unsaturated/α-hetero) is 1. The second-order valence-corrected chi connectivity index (χ2v) is 6.11. The van der Waals surface area contributed by atoms with Crippen molar-refractivity contribution < 1.29 is 14.3 Å². The van der Waals surface area contributed by atoms with Gasteiger partial charge in [-0.25, -0.2) is 0 Å². The monoisotopic (exact) mass is 330 g/mol. The van der Waals surface area contributed by atoms with Gasteiger partial charge in [-0.05, 0) is 57.1 Å². The highest BCUT2D eigenvalue weighted by atomic mass is 16.5. The summed E-state index contributed by atoms with van der Waals surface area (Å²) in [6.45, 7) is 7.51. The van der Waals surface area contributed by atoms with E-state index in [0.29, 0.717) is 6.54 Å². The van der Waals surface area contributed by atoms with Crippen LogP contribution in [0.15, 0.2) is 36.9 Å². The summed E-state index contributed by atoms with van der Waals surface area (Å²) < 4.78 is 5.12. The zero-order valence-corrected chi connectivity index (χ0v) is 14.5. The molecule has 0 unspecified atom stereocenters. The summed E-state index contributed by atoms with van der Waals surface area (Å²) in [4.78, 5) is 26.8. The van der Waals surface area contributed by atoms with Gasteiger partial charge in [-0.3, -0.25) is 14.5 Å². The van der Waals surface area contributed by atoms with Gasteiger partial charge in [0.05, 0.1) is 13.2 Å². The van der Waals surface area contributed by atoms with Crippen molar-refractivity contribution in [2.45, 2.75) is 25.8 Å². The summed E-state index contributed by atoms with van der Waals surface area (Å²) in [5.41, 5.74) is 0.728. The number of rotatable bonds is 7. The second kappa shape index (κ2) is 8.64. The molecule has 1 N–H and O–H groups in total. The van der Waals surface area contributed by atoms with E-state index in [4.69, 9.17) is 4.74 Å². The maximum Gasteiger partial charge on any atom is 0.237 e. The molecule has 24 heavy (non-hydrogen) atoms. The van der Waals surface area contributed by atoms with Crippen LogP contribution in [0.2, 0.25) is 0 Å². The summed E-state index contributed by atoms with van der Waals surface area (Å²) in [6, 6.07) is 7.09. The Morgan fingerprint density at radius 1 is 1.33 bits per heavy atom. The zero-order valence-electron chi connectivity index (χ0n) is 14.5. The quantitative estimate of drug-likeness (QED) is 0.615. The van der Waals surface area contributed by atoms with E-state index >= 15 is 0 Å². The molecule has 1 amide bonds. The molecule has 5 heteroatoms. The minimum atomic E-state index is -0.179. The van der Waals surface area contributed by atoms with Gasteiger partial charge >= 0.3 is 0 Å². The molecule has 0 saturated carbocycles. The fourth-order valence-electron chi connectivity index (χ4n) is 3.03. The number of ether oxygens (including phenoxy) is 1. The third-order valence-corrected chi connectivity index (χ3v) is 4.62. The predicted octanol–water partition coefficient (Wildman–Crippen LogP) is 2.28. The number of hydrogen-bond acceptors (Lipinski definition) is 4. The summed E-state index contributed by atoms with van der Waals surface area (Å²) in [7, 11) is 1.61. The molecule has 1 aliphatic rings. The first-order chi connectivity index (χ1) is 11.6. The van der Waals surface area contributed by atoms with Crippen LogP contribution in [0.5, 0.6) is 5.75 Å². The SMILES string of the molecule is C=CCNC(=O)[C@H](C)N1CCC(C(=O)c2ccc(OC)cc2)CC1. The molecule has 0 aliphatic carbocycles. The lowest BCUT2D eigenvalue weighted by Gasteiger charge is -2.34. The molecule has 1 saturated heterocycles. The number of benzene rings is 1. The number of likely N-dealkylation sites (tertiary alicyclic amines) is 1. The molecule has 1 aliphatic heterocycles. The number of ketones is 1. The second-order valence-electron chi connectivity index (χ2n) is 6.11. The van der Waals surface area contributed by atoms with Gasteiger partial charge in [0.1, 0.15) is 5.75 Å². The van der Waals surface area contributed by atoms with Crippen LogP contribution < -0.4 is 10.1 Å². The highest BCUT2D eigenvalue weighted by molar-refractivity contribution is 5.98. The van der Waals surface area contributed by atoms with Crippen LogP contribution in [0.3, 0.4) is 0 Å². The molecular weight excluding hydrogens is 304 g/mol. The third-order valence-electron chi connectivity index (χ3n) is 4.62. The molecule has 0 aromatic heterocycles. The standard InChI is InChI=1S/C19H26N2O3/c1-4-11-20-19(23)14(2)21-12-9-16(10-13-21)18(22)15-5-7-17(24-3)8-6-15/h4-8,14,16H,1,9-13H2,2-3H3,(H,20,23)/t14-/m0/s1. The van der Waals surface area contributed by atoms with Gasteiger partial charge in [0.15, 0.2) is 5.78 Å². The van der Waals surface area contributed by atoms with Crippen LogP contribution in [0.4, 0.5) is 0 Å². The number of hydrogen-bond donors (Lipinski definition) is 1. The van der Waals surface area contributed by atoms with E-state index in [-0.39, 0.29) is 23.7 Å². The Bertz CT molecular complexity index is 575. The lowest BCUT2D eigenvalue weighted by molar-refractivity contribution is -0.126. The number of nitrogens with one attached hydrogen (secondary N) is 1. The molecule has 5 nitrogen and oxygen atoms in total. The molecule has 1 atom stereocenters. The highest BCUT2D eigenvalue weighted by Gasteiger charge is 2.29. The van der Waals surface area contributed by atoms with Crippen LogP contribution in [0, 0.1) is 5.92 Å². The van der Waals surface area contributed by atoms with Crippen LogP contribution >= 0.6 is 0 Å². The van der Waals surface area contributed by atoms with Gasteiger partial charge in [0, 0.05) is 18.0 Å². The van der Waals surface area contributed by atoms with Crippen molar-refractivity contribution in [1.29, 1.82) is 0 Å². The summed E-state index contributed by atoms with van der Waals surface area (Å²) in [5, 5.41) is 2.82. The smallest absolute Gasteiger partial charge is 0.237 e. The first kappa shape index (κ1) is 18.2. The minimum absolute atomic E-state index is 0.00910. The van der Waals surface area contributed by atoms with E-state index < -0.39 is 0 Å². The normalized spacial score (nSPS) is 17.1. The Labute approximate surface area is 143 Å². The molecule has 0 radical (unpaired) electrons. The largest absolute Gasteiger partial charge is 0.497 e. The third kappa shape index (κ3) is 4.45. The van der Waals surface area contributed by atoms with E-state index in [2.05, 4.69) is 16.8 Å². The van der Waals surface area contributed by atoms with Crippen molar-refractivity contribution in [2.75, 3.05) is 26.7 Å². The van der Waals surface area contributed by atoms with Crippen molar-refractivity contribution in [3.8, 4) is 5.75 Å². The van der Waals surface area contributed by atoms with E-state index in [1.807, 2.05) is 31.2 Å². The lowest BCUT2D eigenvalue weighted by Crippen LogP contribution is -2.49. The van der Waals surface area contributed by atoms with E-state index in [0.717, 1.165) is 37.2 Å². The maximum atomic E-state index is 12.6. The van der Waals surface area contributed by atoms with Crippen LogP contribution in [0.25, 0.3) is 0 Å². The van der Waals surface area contributed by atoms with Crippen LogP contribution in [-0.4, -0.2) is 49.4 Å². The van der Waals surface area contributed by atoms with Gasteiger partial charge in [-0.15, -0.1) is 6.58 Å². The topological polar surface area (TPSA) is 58.6 Å². The van der Waals surface area contributed by atoms with Crippen molar-refractivity contribution in [3.05, 3.63) is 42.5 Å². The summed E-state index contributed by atoms with van der Waals surface area (Å²) >= 11 is 0. The number of amides is 1. The van der Waals surface area contributed by atoms with Crippen molar-refractivity contribution in [2.24, 2.45) is 5.92 Å². The van der Waals surface area contributed by atoms with Crippen molar-refractivity contribution in [1.82, 2.24) is 10.2 Å². The molecule has 2 rings (SSSR count). The molecule has 1 aromatic rings. The molecule has 1 aromatic carbocycles. The number of piperidine rings is 1. The molecular formula is C19H26N2O3. The summed E-state index contributed by atoms with van der Waals surface area (Å²) in [6.07, 6.45) is 3.23. The maximum absolute atomic E-state index is 12.6. The Kier molecular flexibility index (Phi) is 6.55. The molecule has 1 heterocycles. The fraction of sp³-hybridized carbons (Fsp3) is 0.474. The molecule has 0 spiro atoms. The lowest BCUT2D eigenvalue weighted by atomic mass is 9.88. The zero-order chi connectivity index (χ0) is 17.5. The minimum Gasteiger partial charge on any atom is -0.497 e. The van der Waals surface area contributed by atoms with Crippen LogP contribution in [-0.2, 0) is 4.79 Å². The number of methoxy groups -OCH3 is 1. The molecule has 130 valence electrons. The van der Waals surface area contributed by atoms with Crippen LogP contribution in [0.1, 0.15) is 30.1 Å². The van der Waals surface area contributed by atoms with Gasteiger partial charge in [0.25, 0.3) is 0 Å². The first-order valence-corrected chi connectivity index (χ1v) is 8.37. The fourth-order valence-corrected chi connectivity index (χ4v) is 3.03. The average Bonchev–Trinajstić information content (AvgIpc) is 2.65. The Morgan fingerprint density at radius 2 is 1.96 bits per heavy atom. The van der Waals surface area contributed by atoms with Crippen molar-refractivity contribution >= 4 is 11.7 Å². The predicted molar refractivity (Wildman–Crippen MR) is 94.3 cm³/mol. The molecule has 1 fully saturated rings. The first-order valence-electron chi connectivity index (χ1n) is 8.37. The van der Waals surface area contributed by atoms with E-state index in [1.54, 1.807) is 13.2 Å². The Balaban J connectivity index is 1.88. The van der Waals surface area contributed by atoms with E-state index in [1.165, 1.54) is 0 Å². The Morgan fingerprint density at radius 3 is 2.50 bits per heavy atom. The summed E-state index contributed by atoms with van der Waals surface area (Å²) in [5.74, 6) is 0.967. The number of carbonyl (C=O) groups excluding carboxylic acids is 2. The number of nitrogens with zero attached hydrogens (tertiary/aromatic N) is 1.